The van der Waals surface area contributed by atoms with Gasteiger partial charge in [-0.05, 0) is 0 Å². The fourth-order valence-corrected chi connectivity index (χ4v) is 0. The van der Waals surface area contributed by atoms with E-state index in [1.807, 2.05) is 0 Å². The summed E-state index contributed by atoms with van der Waals surface area (Å²) in [5.74, 6) is 0. The summed E-state index contributed by atoms with van der Waals surface area (Å²) in [5.41, 5.74) is 0. The fourth-order valence-electron chi connectivity index (χ4n) is 0. The van der Waals surface area contributed by atoms with Crippen LogP contribution >= 0.6 is 0 Å². The van der Waals surface area contributed by atoms with E-state index in [4.69, 9.17) is 0 Å². The molecule has 1 nitrogen and oxygen atoms in total. The summed E-state index contributed by atoms with van der Waals surface area (Å²) >= 11 is 2.85. The van der Waals surface area contributed by atoms with Gasteiger partial charge in [0, 0.05) is 0 Å². The Bertz CT molecular complexity index is 8.00. The van der Waals surface area contributed by atoms with Crippen molar-refractivity contribution >= 4 is 68.4 Å². The van der Waals surface area contributed by atoms with Crippen LogP contribution in [-0.2, 0) is 0 Å². The summed E-state index contributed by atoms with van der Waals surface area (Å²) in [6.45, 7) is 0. The molecule has 0 aliphatic heterocycles. The van der Waals surface area contributed by atoms with Crippen molar-refractivity contribution in [2.75, 3.05) is 0 Å². The minimum absolute atomic E-state index is 0.950. The van der Waals surface area contributed by atoms with Crippen LogP contribution in [0.3, 0.4) is 0 Å². The number of nitrogens with zero attached hydrogens (tertiary/aromatic N) is 1. The molecule has 0 amide bonds. The summed E-state index contributed by atoms with van der Waals surface area (Å²) < 4.78 is 2.63. The molecule has 0 unspecified atom stereocenters. The number of rotatable bonds is 0. The molecule has 0 atom stereocenters. The molecule has 0 radical (unpaired) electrons. The first kappa shape index (κ1) is 6.36. The van der Waals surface area contributed by atoms with Crippen molar-refractivity contribution in [3.63, 3.8) is 0 Å². The molecule has 0 aromatic rings. The average Bonchev–Trinajstić information content (AvgIpc) is 0.811. The van der Waals surface area contributed by atoms with Crippen molar-refractivity contribution in [2.45, 2.75) is 0 Å². The van der Waals surface area contributed by atoms with Crippen molar-refractivity contribution in [3.05, 3.63) is 0 Å². The van der Waals surface area contributed by atoms with Gasteiger partial charge in [-0.25, -0.2) is 0 Å². The molecule has 26 valence electrons. The Morgan fingerprint density at radius 3 is 1.00 bits per heavy atom. The molecule has 0 bridgehead atoms. The molecule has 0 aromatic heterocycles. The van der Waals surface area contributed by atoms with Crippen molar-refractivity contribution in [3.8, 4) is 0 Å². The molecule has 0 saturated heterocycles. The van der Waals surface area contributed by atoms with Crippen molar-refractivity contribution < 1.29 is 0 Å². The van der Waals surface area contributed by atoms with Gasteiger partial charge in [-0.3, -0.25) is 0 Å². The summed E-state index contributed by atoms with van der Waals surface area (Å²) in [5, 5.41) is 0. The van der Waals surface area contributed by atoms with Gasteiger partial charge >= 0.3 is 68.0 Å². The molecule has 0 aromatic carbocycles. The maximum atomic E-state index is 2.63. The molecule has 4 heteroatoms. The second kappa shape index (κ2) is 3.54. The molecule has 0 rings (SSSR count). The molecule has 0 spiro atoms. The van der Waals surface area contributed by atoms with Crippen LogP contribution in [0.5, 0.6) is 0 Å². The first-order valence-electron chi connectivity index (χ1n) is 1.34. The third-order valence-electron chi connectivity index (χ3n) is 0. The van der Waals surface area contributed by atoms with E-state index in [2.05, 4.69) is -0.435 Å². The zero-order chi connectivity index (χ0) is 3.58. The normalized spacial score (nSPS) is 11.2. The first-order chi connectivity index (χ1) is 1.73. The van der Waals surface area contributed by atoms with Crippen LogP contribution in [-0.4, -0.2) is 68.0 Å². The standard InChI is InChI=1S/N.3Sn.9H. The predicted molar refractivity (Wildman–Crippen MR) is 31.7 cm³/mol. The summed E-state index contributed by atoms with van der Waals surface area (Å²) in [6.07, 6.45) is 0. The second-order valence-corrected chi connectivity index (χ2v) is 60.4. The third kappa shape index (κ3) is 8.84. The van der Waals surface area contributed by atoms with Gasteiger partial charge in [-0.1, -0.05) is 0 Å². The van der Waals surface area contributed by atoms with E-state index in [1.54, 1.807) is 0 Å². The van der Waals surface area contributed by atoms with Crippen LogP contribution in [0.1, 0.15) is 0 Å². The van der Waals surface area contributed by atoms with E-state index in [0.29, 0.717) is 0 Å². The van der Waals surface area contributed by atoms with Crippen molar-refractivity contribution in [2.24, 2.45) is 0 Å². The van der Waals surface area contributed by atoms with Crippen LogP contribution in [0.2, 0.25) is 0 Å². The summed E-state index contributed by atoms with van der Waals surface area (Å²) in [7, 11) is 0. The summed E-state index contributed by atoms with van der Waals surface area (Å²) in [4.78, 5) is 0. The maximum absolute atomic E-state index is 2.63. The van der Waals surface area contributed by atoms with Crippen molar-refractivity contribution in [1.29, 1.82) is 0 Å². The van der Waals surface area contributed by atoms with Crippen LogP contribution in [0.25, 0.3) is 0 Å². The Labute approximate surface area is 66.8 Å². The zero-order valence-electron chi connectivity index (χ0n) is 3.45. The summed E-state index contributed by atoms with van der Waals surface area (Å²) in [6, 6.07) is 0. The van der Waals surface area contributed by atoms with Crippen LogP contribution in [0, 0.1) is 0 Å². The predicted octanol–water partition coefficient (Wildman–Crippen LogP) is -3.87. The van der Waals surface area contributed by atoms with E-state index in [-0.39, 0.29) is 0 Å². The molecule has 0 fully saturated rings. The van der Waals surface area contributed by atoms with E-state index in [1.165, 1.54) is 0 Å². The van der Waals surface area contributed by atoms with E-state index >= 15 is 0 Å². The third-order valence-corrected chi connectivity index (χ3v) is 0. The molecule has 0 heterocycles. The number of hydrogen-bond donors (Lipinski definition) is 0. The first-order valence-corrected chi connectivity index (χ1v) is 9.00. The Morgan fingerprint density at radius 2 is 1.00 bits per heavy atom. The second-order valence-electron chi connectivity index (χ2n) is 1.34. The van der Waals surface area contributed by atoms with E-state index in [9.17, 15) is 0 Å². The fraction of sp³-hybridized carbons (Fsp3) is 0. The topological polar surface area (TPSA) is 3.24 Å². The van der Waals surface area contributed by atoms with E-state index in [0.717, 1.165) is 68.4 Å². The molecule has 0 saturated carbocycles. The van der Waals surface area contributed by atoms with Crippen LogP contribution in [0.15, 0.2) is 0 Å². The van der Waals surface area contributed by atoms with Crippen LogP contribution < -0.4 is 0 Å². The van der Waals surface area contributed by atoms with Gasteiger partial charge in [0.2, 0.25) is 0 Å². The number of hydrogen-bond acceptors (Lipinski definition) is 1. The van der Waals surface area contributed by atoms with Gasteiger partial charge in [0.05, 0.1) is 0 Å². The molecule has 0 aliphatic rings. The van der Waals surface area contributed by atoms with Gasteiger partial charge in [-0.15, -0.1) is 0 Å². The molecule has 0 N–H and O–H groups in total. The zero-order valence-corrected chi connectivity index (χ0v) is 20.6. The van der Waals surface area contributed by atoms with Gasteiger partial charge < -0.3 is 0 Å². The Hall–Kier alpha value is 2.36. The Balaban J connectivity index is 2.32. The average molecular weight is 379 g/mol. The van der Waals surface area contributed by atoms with Gasteiger partial charge in [0.15, 0.2) is 0 Å². The molecular weight excluding hydrogens is 370 g/mol. The Morgan fingerprint density at radius 1 is 1.00 bits per heavy atom. The quantitative estimate of drug-likeness (QED) is 0.390. The van der Waals surface area contributed by atoms with E-state index < -0.39 is 0 Å². The van der Waals surface area contributed by atoms with Gasteiger partial charge in [0.25, 0.3) is 0 Å². The van der Waals surface area contributed by atoms with Gasteiger partial charge in [0.1, 0.15) is 0 Å². The van der Waals surface area contributed by atoms with Gasteiger partial charge in [-0.2, -0.15) is 0 Å². The van der Waals surface area contributed by atoms with Crippen LogP contribution in [0.4, 0.5) is 0 Å². The molecule has 0 aliphatic carbocycles. The SMILES string of the molecule is [SnH3][N]([SnH3])[SnH3]. The molecule has 4 heavy (non-hydrogen) atoms. The Kier molecular flexibility index (Phi) is 5.63. The monoisotopic (exact) mass is 383 g/mol. The minimum atomic E-state index is 0.950. The molecular formula is H9NSn3. The van der Waals surface area contributed by atoms with Crippen molar-refractivity contribution in [1.82, 2.24) is -0.435 Å².